The van der Waals surface area contributed by atoms with Crippen molar-refractivity contribution in [2.75, 3.05) is 0 Å². The van der Waals surface area contributed by atoms with Gasteiger partial charge in [0.2, 0.25) is 0 Å². The molecule has 1 heterocycles. The Morgan fingerprint density at radius 3 is 2.60 bits per heavy atom. The van der Waals surface area contributed by atoms with Crippen LogP contribution in [-0.2, 0) is 16.6 Å². The number of thiophene rings is 1. The third kappa shape index (κ3) is 3.18. The molecule has 0 spiro atoms. The lowest BCUT2D eigenvalue weighted by molar-refractivity contribution is -0.131. The van der Waals surface area contributed by atoms with E-state index >= 15 is 0 Å². The number of carbonyl (C=O) groups is 1. The number of aryl methyl sites for hydroxylation is 2. The summed E-state index contributed by atoms with van der Waals surface area (Å²) < 4.78 is 0. The van der Waals surface area contributed by atoms with Gasteiger partial charge in [0.05, 0.1) is 0 Å². The minimum Gasteiger partial charge on any atom is -0.478 e. The van der Waals surface area contributed by atoms with Crippen LogP contribution in [-0.4, -0.2) is 11.1 Å². The van der Waals surface area contributed by atoms with Crippen LogP contribution in [0.15, 0.2) is 29.7 Å². The van der Waals surface area contributed by atoms with Crippen molar-refractivity contribution in [2.24, 2.45) is 5.41 Å². The fourth-order valence-electron chi connectivity index (χ4n) is 3.71. The molecule has 0 bridgehead atoms. The van der Waals surface area contributed by atoms with Crippen molar-refractivity contribution < 1.29 is 9.90 Å². The van der Waals surface area contributed by atoms with E-state index in [1.165, 1.54) is 40.3 Å². The molecular weight excluding hydrogens is 328 g/mol. The number of benzene rings is 1. The summed E-state index contributed by atoms with van der Waals surface area (Å²) in [5, 5.41) is 10.9. The summed E-state index contributed by atoms with van der Waals surface area (Å²) >= 11 is 1.58. The van der Waals surface area contributed by atoms with Gasteiger partial charge in [0, 0.05) is 11.0 Å². The van der Waals surface area contributed by atoms with Gasteiger partial charge in [-0.05, 0) is 75.9 Å². The lowest BCUT2D eigenvalue weighted by Crippen LogP contribution is -2.41. The third-order valence-electron chi connectivity index (χ3n) is 6.16. The van der Waals surface area contributed by atoms with E-state index in [0.29, 0.717) is 5.41 Å². The highest BCUT2D eigenvalue weighted by molar-refractivity contribution is 7.11. The van der Waals surface area contributed by atoms with Crippen molar-refractivity contribution in [1.82, 2.24) is 0 Å². The van der Waals surface area contributed by atoms with Crippen molar-refractivity contribution in [3.63, 3.8) is 0 Å². The first-order valence-corrected chi connectivity index (χ1v) is 9.64. The molecule has 132 valence electrons. The maximum Gasteiger partial charge on any atom is 0.328 e. The summed E-state index contributed by atoms with van der Waals surface area (Å²) in [6.07, 6.45) is 5.18. The van der Waals surface area contributed by atoms with Crippen LogP contribution in [0.1, 0.15) is 55.7 Å². The summed E-state index contributed by atoms with van der Waals surface area (Å²) in [6.45, 7) is 11.7. The Balaban J connectivity index is 2.02. The molecule has 3 heteroatoms. The van der Waals surface area contributed by atoms with E-state index in [2.05, 4.69) is 58.2 Å². The minimum atomic E-state index is -0.912. The summed E-state index contributed by atoms with van der Waals surface area (Å²) in [5.74, 6) is -0.912. The van der Waals surface area contributed by atoms with E-state index in [-0.39, 0.29) is 5.41 Å². The first kappa shape index (κ1) is 17.9. The monoisotopic (exact) mass is 354 g/mol. The zero-order valence-corrected chi connectivity index (χ0v) is 16.5. The number of fused-ring (bicyclic) bond motifs is 1. The molecule has 3 rings (SSSR count). The van der Waals surface area contributed by atoms with E-state index in [9.17, 15) is 4.79 Å². The molecule has 0 radical (unpaired) electrons. The van der Waals surface area contributed by atoms with Gasteiger partial charge in [-0.25, -0.2) is 4.79 Å². The van der Waals surface area contributed by atoms with Crippen molar-refractivity contribution in [3.8, 4) is 11.1 Å². The summed E-state index contributed by atoms with van der Waals surface area (Å²) in [5.41, 5.74) is 7.12. The van der Waals surface area contributed by atoms with Crippen LogP contribution in [0, 0.1) is 12.3 Å². The molecule has 0 saturated carbocycles. The van der Waals surface area contributed by atoms with Gasteiger partial charge < -0.3 is 5.11 Å². The van der Waals surface area contributed by atoms with Gasteiger partial charge in [0.15, 0.2) is 0 Å². The van der Waals surface area contributed by atoms with Crippen molar-refractivity contribution in [1.29, 1.82) is 0 Å². The maximum absolute atomic E-state index is 10.7. The SMILES string of the molecule is Cc1cc2c(cc1-c1csc(C=CC(=O)O)c1)CCC(C)(C)C2(C)C. The number of rotatable bonds is 3. The predicted molar refractivity (Wildman–Crippen MR) is 106 cm³/mol. The highest BCUT2D eigenvalue weighted by Crippen LogP contribution is 2.50. The van der Waals surface area contributed by atoms with E-state index in [1.54, 1.807) is 17.4 Å². The zero-order valence-electron chi connectivity index (χ0n) is 15.6. The van der Waals surface area contributed by atoms with Gasteiger partial charge in [-0.15, -0.1) is 11.3 Å². The molecule has 0 saturated heterocycles. The number of carboxylic acids is 1. The van der Waals surface area contributed by atoms with E-state index in [4.69, 9.17) is 5.11 Å². The molecule has 0 aliphatic heterocycles. The quantitative estimate of drug-likeness (QED) is 0.679. The van der Waals surface area contributed by atoms with Crippen LogP contribution in [0.25, 0.3) is 17.2 Å². The molecule has 25 heavy (non-hydrogen) atoms. The highest BCUT2D eigenvalue weighted by atomic mass is 32.1. The van der Waals surface area contributed by atoms with Crippen LogP contribution < -0.4 is 0 Å². The van der Waals surface area contributed by atoms with E-state index in [1.807, 2.05) is 0 Å². The number of hydrogen-bond donors (Lipinski definition) is 1. The Labute approximate surface area is 154 Å². The molecular formula is C22H26O2S. The average molecular weight is 355 g/mol. The summed E-state index contributed by atoms with van der Waals surface area (Å²) in [6, 6.07) is 6.81. The van der Waals surface area contributed by atoms with E-state index < -0.39 is 5.97 Å². The lowest BCUT2D eigenvalue weighted by atomic mass is 9.57. The second kappa shape index (κ2) is 6.14. The first-order chi connectivity index (χ1) is 11.6. The second-order valence-electron chi connectivity index (χ2n) is 8.24. The molecule has 0 amide bonds. The predicted octanol–water partition coefficient (Wildman–Crippen LogP) is 6.07. The molecule has 0 fully saturated rings. The normalized spacial score (nSPS) is 18.3. The van der Waals surface area contributed by atoms with Crippen molar-refractivity contribution in [3.05, 3.63) is 51.2 Å². The molecule has 0 atom stereocenters. The number of carboxylic acid groups (broad SMARTS) is 1. The van der Waals surface area contributed by atoms with Crippen LogP contribution in [0.3, 0.4) is 0 Å². The van der Waals surface area contributed by atoms with E-state index in [0.717, 1.165) is 11.3 Å². The molecule has 1 aromatic carbocycles. The lowest BCUT2D eigenvalue weighted by Gasteiger charge is -2.47. The van der Waals surface area contributed by atoms with Gasteiger partial charge >= 0.3 is 5.97 Å². The van der Waals surface area contributed by atoms with Gasteiger partial charge in [-0.1, -0.05) is 39.8 Å². The number of aliphatic carboxylic acids is 1. The average Bonchev–Trinajstić information content (AvgIpc) is 2.98. The molecule has 1 aliphatic rings. The van der Waals surface area contributed by atoms with Crippen LogP contribution in [0.2, 0.25) is 0 Å². The van der Waals surface area contributed by atoms with Crippen LogP contribution in [0.5, 0.6) is 0 Å². The first-order valence-electron chi connectivity index (χ1n) is 8.76. The second-order valence-corrected chi connectivity index (χ2v) is 9.19. The zero-order chi connectivity index (χ0) is 18.4. The Kier molecular flexibility index (Phi) is 4.40. The third-order valence-corrected chi connectivity index (χ3v) is 7.05. The van der Waals surface area contributed by atoms with Gasteiger partial charge in [-0.2, -0.15) is 0 Å². The van der Waals surface area contributed by atoms with Gasteiger partial charge in [-0.3, -0.25) is 0 Å². The van der Waals surface area contributed by atoms with Gasteiger partial charge in [0.1, 0.15) is 0 Å². The maximum atomic E-state index is 10.7. The van der Waals surface area contributed by atoms with Crippen molar-refractivity contribution in [2.45, 2.75) is 52.9 Å². The minimum absolute atomic E-state index is 0.161. The standard InChI is InChI=1S/C22H26O2S/c1-14-10-19-15(8-9-21(2,3)22(19,4)5)12-18(14)16-11-17(25-13-16)6-7-20(23)24/h6-7,10-13H,8-9H2,1-5H3,(H,23,24). The molecule has 1 aliphatic carbocycles. The molecule has 0 unspecified atom stereocenters. The Morgan fingerprint density at radius 1 is 1.20 bits per heavy atom. The topological polar surface area (TPSA) is 37.3 Å². The number of hydrogen-bond acceptors (Lipinski definition) is 2. The highest BCUT2D eigenvalue weighted by Gasteiger charge is 2.42. The molecule has 2 nitrogen and oxygen atoms in total. The fraction of sp³-hybridized carbons (Fsp3) is 0.409. The summed E-state index contributed by atoms with van der Waals surface area (Å²) in [7, 11) is 0. The van der Waals surface area contributed by atoms with Crippen molar-refractivity contribution >= 4 is 23.4 Å². The molecule has 1 N–H and O–H groups in total. The fourth-order valence-corrected chi connectivity index (χ4v) is 4.51. The van der Waals surface area contributed by atoms with Gasteiger partial charge in [0.25, 0.3) is 0 Å². The summed E-state index contributed by atoms with van der Waals surface area (Å²) in [4.78, 5) is 11.7. The van der Waals surface area contributed by atoms with Crippen LogP contribution >= 0.6 is 11.3 Å². The Morgan fingerprint density at radius 2 is 1.92 bits per heavy atom. The Hall–Kier alpha value is -1.87. The largest absolute Gasteiger partial charge is 0.478 e. The smallest absolute Gasteiger partial charge is 0.328 e. The molecule has 2 aromatic rings. The molecule has 1 aromatic heterocycles. The van der Waals surface area contributed by atoms with Crippen LogP contribution in [0.4, 0.5) is 0 Å². The Bertz CT molecular complexity index is 853.